The molecule has 0 radical (unpaired) electrons. The lowest BCUT2D eigenvalue weighted by Crippen LogP contribution is -2.30. The number of hydrogen-bond donors (Lipinski definition) is 2. The van der Waals surface area contributed by atoms with Gasteiger partial charge in [0.05, 0.1) is 11.6 Å². The Morgan fingerprint density at radius 2 is 1.88 bits per heavy atom. The third-order valence-corrected chi connectivity index (χ3v) is 5.46. The first kappa shape index (κ1) is 15.0. The number of benzene rings is 2. The zero-order valence-corrected chi connectivity index (χ0v) is 13.9. The van der Waals surface area contributed by atoms with Crippen LogP contribution in [0.2, 0.25) is 0 Å². The number of aromatic carboxylic acids is 1. The smallest absolute Gasteiger partial charge is 0.336 e. The molecule has 3 nitrogen and oxygen atoms in total. The number of hydrogen-bond acceptors (Lipinski definition) is 2. The quantitative estimate of drug-likeness (QED) is 0.780. The summed E-state index contributed by atoms with van der Waals surface area (Å²) in [5, 5.41) is 13.1. The molecule has 0 saturated heterocycles. The number of anilines is 1. The average molecular weight is 319 g/mol. The van der Waals surface area contributed by atoms with E-state index in [4.69, 9.17) is 0 Å². The molecule has 2 aromatic carbocycles. The van der Waals surface area contributed by atoms with Gasteiger partial charge in [0.25, 0.3) is 0 Å². The van der Waals surface area contributed by atoms with E-state index in [1.807, 2.05) is 13.0 Å². The molecular formula is C21H21NO2. The molecule has 2 N–H and O–H groups in total. The zero-order chi connectivity index (χ0) is 16.8. The van der Waals surface area contributed by atoms with E-state index in [0.717, 1.165) is 17.7 Å². The Kier molecular flexibility index (Phi) is 3.45. The summed E-state index contributed by atoms with van der Waals surface area (Å²) in [6.07, 6.45) is 5.59. The van der Waals surface area contributed by atoms with Crippen LogP contribution in [-0.2, 0) is 0 Å². The first-order chi connectivity index (χ1) is 11.6. The van der Waals surface area contributed by atoms with E-state index in [1.54, 1.807) is 6.07 Å². The van der Waals surface area contributed by atoms with E-state index in [9.17, 15) is 9.90 Å². The standard InChI is InChI=1S/C21H21NO2/c1-12-6-8-14(9-7-12)20-17-5-3-4-16(17)18-11-10-15(21(23)24)13(2)19(18)22-20/h3-4,6-11,16-17,20,22H,5H2,1-2H3,(H,23,24). The number of carbonyl (C=O) groups is 1. The molecule has 0 bridgehead atoms. The summed E-state index contributed by atoms with van der Waals surface area (Å²) in [6.45, 7) is 4.00. The van der Waals surface area contributed by atoms with E-state index < -0.39 is 5.97 Å². The van der Waals surface area contributed by atoms with Crippen LogP contribution in [0, 0.1) is 19.8 Å². The van der Waals surface area contributed by atoms with E-state index in [-0.39, 0.29) is 6.04 Å². The van der Waals surface area contributed by atoms with Crippen molar-refractivity contribution in [3.8, 4) is 0 Å². The van der Waals surface area contributed by atoms with Crippen molar-refractivity contribution in [3.63, 3.8) is 0 Å². The molecule has 0 aromatic heterocycles. The third kappa shape index (κ3) is 2.23. The summed E-state index contributed by atoms with van der Waals surface area (Å²) in [4.78, 5) is 11.5. The minimum atomic E-state index is -0.868. The molecule has 0 fully saturated rings. The molecule has 0 amide bonds. The number of carboxylic acids is 1. The van der Waals surface area contributed by atoms with E-state index in [1.165, 1.54) is 16.7 Å². The highest BCUT2D eigenvalue weighted by molar-refractivity contribution is 5.92. The highest BCUT2D eigenvalue weighted by Gasteiger charge is 2.38. The fraction of sp³-hybridized carbons (Fsp3) is 0.286. The molecule has 1 aliphatic heterocycles. The van der Waals surface area contributed by atoms with Crippen LogP contribution in [0.1, 0.15) is 51.0 Å². The van der Waals surface area contributed by atoms with Gasteiger partial charge in [-0.1, -0.05) is 48.0 Å². The van der Waals surface area contributed by atoms with Crippen LogP contribution in [0.15, 0.2) is 48.6 Å². The van der Waals surface area contributed by atoms with Gasteiger partial charge in [0, 0.05) is 11.6 Å². The Morgan fingerprint density at radius 3 is 2.58 bits per heavy atom. The van der Waals surface area contributed by atoms with E-state index in [0.29, 0.717) is 17.4 Å². The van der Waals surface area contributed by atoms with Crippen molar-refractivity contribution >= 4 is 11.7 Å². The second-order valence-corrected chi connectivity index (χ2v) is 6.89. The molecule has 3 unspecified atom stereocenters. The SMILES string of the molecule is Cc1ccc(C2Nc3c(ccc(C(=O)O)c3C)C3C=CCC32)cc1. The second kappa shape index (κ2) is 5.52. The molecule has 1 heterocycles. The first-order valence-corrected chi connectivity index (χ1v) is 8.43. The monoisotopic (exact) mass is 319 g/mol. The van der Waals surface area contributed by atoms with Gasteiger partial charge in [-0.25, -0.2) is 4.79 Å². The van der Waals surface area contributed by atoms with Crippen LogP contribution in [-0.4, -0.2) is 11.1 Å². The lowest BCUT2D eigenvalue weighted by Gasteiger charge is -2.38. The van der Waals surface area contributed by atoms with Crippen molar-refractivity contribution in [3.05, 3.63) is 76.4 Å². The third-order valence-electron chi connectivity index (χ3n) is 5.46. The molecule has 1 aliphatic carbocycles. The molecule has 4 rings (SSSR count). The Morgan fingerprint density at radius 1 is 1.12 bits per heavy atom. The predicted molar refractivity (Wildman–Crippen MR) is 95.7 cm³/mol. The molecule has 3 heteroatoms. The van der Waals surface area contributed by atoms with Gasteiger partial charge in [0.15, 0.2) is 0 Å². The Labute approximate surface area is 142 Å². The summed E-state index contributed by atoms with van der Waals surface area (Å²) < 4.78 is 0. The minimum absolute atomic E-state index is 0.209. The van der Waals surface area contributed by atoms with Gasteiger partial charge in [-0.05, 0) is 48.9 Å². The maximum atomic E-state index is 11.5. The second-order valence-electron chi connectivity index (χ2n) is 6.89. The van der Waals surface area contributed by atoms with Crippen molar-refractivity contribution in [2.24, 2.45) is 5.92 Å². The van der Waals surface area contributed by atoms with Gasteiger partial charge >= 0.3 is 5.97 Å². The molecule has 122 valence electrons. The van der Waals surface area contributed by atoms with Crippen LogP contribution in [0.25, 0.3) is 0 Å². The number of aryl methyl sites for hydroxylation is 1. The lowest BCUT2D eigenvalue weighted by molar-refractivity contribution is 0.0696. The summed E-state index contributed by atoms with van der Waals surface area (Å²) in [5.74, 6) is -0.0301. The van der Waals surface area contributed by atoms with Crippen molar-refractivity contribution in [1.82, 2.24) is 0 Å². The fourth-order valence-corrected chi connectivity index (χ4v) is 4.15. The molecule has 24 heavy (non-hydrogen) atoms. The molecule has 3 atom stereocenters. The summed E-state index contributed by atoms with van der Waals surface area (Å²) >= 11 is 0. The number of carboxylic acid groups (broad SMARTS) is 1. The van der Waals surface area contributed by atoms with Gasteiger partial charge in [0.2, 0.25) is 0 Å². The molecule has 2 aliphatic rings. The van der Waals surface area contributed by atoms with Crippen molar-refractivity contribution in [2.45, 2.75) is 32.2 Å². The van der Waals surface area contributed by atoms with Gasteiger partial charge in [0.1, 0.15) is 0 Å². The van der Waals surface area contributed by atoms with Crippen molar-refractivity contribution in [1.29, 1.82) is 0 Å². The highest BCUT2D eigenvalue weighted by Crippen LogP contribution is 2.50. The van der Waals surface area contributed by atoms with Gasteiger partial charge in [-0.2, -0.15) is 0 Å². The summed E-state index contributed by atoms with van der Waals surface area (Å²) in [7, 11) is 0. The number of allylic oxidation sites excluding steroid dienone is 2. The number of fused-ring (bicyclic) bond motifs is 3. The van der Waals surface area contributed by atoms with Crippen LogP contribution < -0.4 is 5.32 Å². The van der Waals surface area contributed by atoms with Crippen molar-refractivity contribution in [2.75, 3.05) is 5.32 Å². The maximum absolute atomic E-state index is 11.5. The predicted octanol–water partition coefficient (Wildman–Crippen LogP) is 4.83. The fourth-order valence-electron chi connectivity index (χ4n) is 4.15. The highest BCUT2D eigenvalue weighted by atomic mass is 16.4. The molecule has 0 spiro atoms. The first-order valence-electron chi connectivity index (χ1n) is 8.43. The van der Waals surface area contributed by atoms with Gasteiger partial charge < -0.3 is 10.4 Å². The average Bonchev–Trinajstić information content (AvgIpc) is 3.05. The molecular weight excluding hydrogens is 298 g/mol. The lowest BCUT2D eigenvalue weighted by atomic mass is 9.76. The van der Waals surface area contributed by atoms with Crippen LogP contribution in [0.5, 0.6) is 0 Å². The number of rotatable bonds is 2. The zero-order valence-electron chi connectivity index (χ0n) is 13.9. The van der Waals surface area contributed by atoms with Gasteiger partial charge in [-0.15, -0.1) is 0 Å². The van der Waals surface area contributed by atoms with Crippen LogP contribution >= 0.6 is 0 Å². The van der Waals surface area contributed by atoms with Crippen molar-refractivity contribution < 1.29 is 9.90 Å². The van der Waals surface area contributed by atoms with Gasteiger partial charge in [-0.3, -0.25) is 0 Å². The largest absolute Gasteiger partial charge is 0.478 e. The van der Waals surface area contributed by atoms with E-state index >= 15 is 0 Å². The Bertz CT molecular complexity index is 836. The van der Waals surface area contributed by atoms with E-state index in [2.05, 4.69) is 48.7 Å². The topological polar surface area (TPSA) is 49.3 Å². The summed E-state index contributed by atoms with van der Waals surface area (Å²) in [5.41, 5.74) is 5.94. The molecule has 0 saturated carbocycles. The Balaban J connectivity index is 1.83. The van der Waals surface area contributed by atoms with Crippen LogP contribution in [0.3, 0.4) is 0 Å². The van der Waals surface area contributed by atoms with Crippen LogP contribution in [0.4, 0.5) is 5.69 Å². The Hall–Kier alpha value is -2.55. The minimum Gasteiger partial charge on any atom is -0.478 e. The maximum Gasteiger partial charge on any atom is 0.336 e. The normalized spacial score (nSPS) is 24.2. The summed E-state index contributed by atoms with van der Waals surface area (Å²) in [6, 6.07) is 12.6. The number of nitrogens with one attached hydrogen (secondary N) is 1. The molecule has 2 aromatic rings.